The van der Waals surface area contributed by atoms with Crippen LogP contribution < -0.4 is 4.74 Å². The Hall–Kier alpha value is -1.58. The van der Waals surface area contributed by atoms with E-state index in [1.165, 1.54) is 0 Å². The highest BCUT2D eigenvalue weighted by atomic mass is 19.1. The van der Waals surface area contributed by atoms with Gasteiger partial charge in [-0.15, -0.1) is 0 Å². The zero-order valence-corrected chi connectivity index (χ0v) is 8.95. The average Bonchev–Trinajstić information content (AvgIpc) is 2.35. The Morgan fingerprint density at radius 1 is 1.38 bits per heavy atom. The third kappa shape index (κ3) is 2.15. The van der Waals surface area contributed by atoms with Crippen LogP contribution in [-0.2, 0) is 6.42 Å². The largest absolute Gasteiger partial charge is 0.491 e. The lowest BCUT2D eigenvalue weighted by molar-refractivity contribution is 0.273. The molecule has 0 saturated heterocycles. The summed E-state index contributed by atoms with van der Waals surface area (Å²) >= 11 is 0. The van der Waals surface area contributed by atoms with E-state index in [2.05, 4.69) is 5.16 Å². The fraction of sp³-hybridized carbons (Fsp3) is 0.417. The van der Waals surface area contributed by atoms with E-state index >= 15 is 0 Å². The van der Waals surface area contributed by atoms with Gasteiger partial charge in [-0.25, -0.2) is 4.39 Å². The summed E-state index contributed by atoms with van der Waals surface area (Å²) in [6.45, 7) is -0.442. The molecule has 0 atom stereocenters. The van der Waals surface area contributed by atoms with Gasteiger partial charge < -0.3 is 9.94 Å². The zero-order valence-electron chi connectivity index (χ0n) is 8.95. The van der Waals surface area contributed by atoms with Gasteiger partial charge in [0.1, 0.15) is 19.0 Å². The predicted molar refractivity (Wildman–Crippen MR) is 59.2 cm³/mol. The second-order valence-electron chi connectivity index (χ2n) is 3.76. The monoisotopic (exact) mass is 223 g/mol. The van der Waals surface area contributed by atoms with Crippen molar-refractivity contribution in [1.82, 2.24) is 0 Å². The van der Waals surface area contributed by atoms with Gasteiger partial charge in [0, 0.05) is 5.56 Å². The van der Waals surface area contributed by atoms with Crippen molar-refractivity contribution in [2.75, 3.05) is 13.3 Å². The summed E-state index contributed by atoms with van der Waals surface area (Å²) < 4.78 is 17.2. The SMILES string of the molecule is O/N=C1/CCCc2ccc(OCCF)cc21. The molecule has 0 aliphatic heterocycles. The third-order valence-electron chi connectivity index (χ3n) is 2.72. The maximum Gasteiger partial charge on any atom is 0.123 e. The highest BCUT2D eigenvalue weighted by molar-refractivity contribution is 6.02. The molecule has 4 heteroatoms. The molecule has 3 nitrogen and oxygen atoms in total. The molecule has 0 unspecified atom stereocenters. The van der Waals surface area contributed by atoms with Gasteiger partial charge >= 0.3 is 0 Å². The molecule has 1 N–H and O–H groups in total. The number of aryl methyl sites for hydroxylation is 1. The maximum absolute atomic E-state index is 12.0. The van der Waals surface area contributed by atoms with E-state index in [1.54, 1.807) is 0 Å². The van der Waals surface area contributed by atoms with E-state index in [-0.39, 0.29) is 6.61 Å². The molecule has 0 spiro atoms. The minimum atomic E-state index is -0.502. The van der Waals surface area contributed by atoms with Crippen LogP contribution in [0.2, 0.25) is 0 Å². The number of nitrogens with zero attached hydrogens (tertiary/aromatic N) is 1. The van der Waals surface area contributed by atoms with Gasteiger partial charge in [0.15, 0.2) is 0 Å². The van der Waals surface area contributed by atoms with Gasteiger partial charge in [0.2, 0.25) is 0 Å². The van der Waals surface area contributed by atoms with Crippen LogP contribution in [-0.4, -0.2) is 24.2 Å². The van der Waals surface area contributed by atoms with Crippen LogP contribution in [0.4, 0.5) is 4.39 Å². The number of benzene rings is 1. The second kappa shape index (κ2) is 4.96. The van der Waals surface area contributed by atoms with Gasteiger partial charge in [-0.3, -0.25) is 0 Å². The fourth-order valence-electron chi connectivity index (χ4n) is 1.97. The standard InChI is InChI=1S/C12H14FNO2/c13-6-7-16-10-5-4-9-2-1-3-12(14-15)11(9)8-10/h4-5,8,15H,1-3,6-7H2/b14-12-. The number of halogens is 1. The van der Waals surface area contributed by atoms with Crippen LogP contribution in [0.25, 0.3) is 0 Å². The van der Waals surface area contributed by atoms with E-state index in [9.17, 15) is 4.39 Å². The Bertz CT molecular complexity index is 404. The first-order valence-corrected chi connectivity index (χ1v) is 5.38. The summed E-state index contributed by atoms with van der Waals surface area (Å²) in [7, 11) is 0. The molecule has 0 amide bonds. The molecular formula is C12H14FNO2. The van der Waals surface area contributed by atoms with Crippen molar-refractivity contribution in [1.29, 1.82) is 0 Å². The van der Waals surface area contributed by atoms with Crippen molar-refractivity contribution in [2.45, 2.75) is 19.3 Å². The van der Waals surface area contributed by atoms with Crippen LogP contribution in [0, 0.1) is 0 Å². The number of oxime groups is 1. The Kier molecular flexibility index (Phi) is 3.39. The number of hydrogen-bond acceptors (Lipinski definition) is 3. The normalized spacial score (nSPS) is 17.2. The molecule has 1 aliphatic carbocycles. The van der Waals surface area contributed by atoms with E-state index in [0.717, 1.165) is 30.4 Å². The molecule has 0 heterocycles. The smallest absolute Gasteiger partial charge is 0.123 e. The summed E-state index contributed by atoms with van der Waals surface area (Å²) in [6.07, 6.45) is 2.75. The Morgan fingerprint density at radius 3 is 3.00 bits per heavy atom. The van der Waals surface area contributed by atoms with Crippen molar-refractivity contribution < 1.29 is 14.3 Å². The molecule has 1 aromatic rings. The molecule has 2 rings (SSSR count). The van der Waals surface area contributed by atoms with E-state index in [4.69, 9.17) is 9.94 Å². The molecule has 0 saturated carbocycles. The molecular weight excluding hydrogens is 209 g/mol. The number of rotatable bonds is 3. The fourth-order valence-corrected chi connectivity index (χ4v) is 1.97. The summed E-state index contributed by atoms with van der Waals surface area (Å²) in [4.78, 5) is 0. The molecule has 0 aromatic heterocycles. The predicted octanol–water partition coefficient (Wildman–Crippen LogP) is 2.55. The number of hydrogen-bond donors (Lipinski definition) is 1. The van der Waals surface area contributed by atoms with Gasteiger partial charge in [-0.1, -0.05) is 11.2 Å². The Labute approximate surface area is 93.5 Å². The molecule has 0 bridgehead atoms. The van der Waals surface area contributed by atoms with Crippen molar-refractivity contribution in [3.8, 4) is 5.75 Å². The third-order valence-corrected chi connectivity index (χ3v) is 2.72. The van der Waals surface area contributed by atoms with Crippen LogP contribution in [0.1, 0.15) is 24.0 Å². The van der Waals surface area contributed by atoms with Crippen molar-refractivity contribution in [3.05, 3.63) is 29.3 Å². The number of fused-ring (bicyclic) bond motifs is 1. The zero-order chi connectivity index (χ0) is 11.4. The molecule has 86 valence electrons. The van der Waals surface area contributed by atoms with Gasteiger partial charge in [0.25, 0.3) is 0 Å². The molecule has 1 aliphatic rings. The highest BCUT2D eigenvalue weighted by Gasteiger charge is 2.16. The molecule has 0 fully saturated rings. The highest BCUT2D eigenvalue weighted by Crippen LogP contribution is 2.25. The minimum absolute atomic E-state index is 0.0599. The molecule has 16 heavy (non-hydrogen) atoms. The Morgan fingerprint density at radius 2 is 2.25 bits per heavy atom. The van der Waals surface area contributed by atoms with E-state index in [0.29, 0.717) is 11.5 Å². The number of alkyl halides is 1. The lowest BCUT2D eigenvalue weighted by Crippen LogP contribution is -2.12. The Balaban J connectivity index is 2.28. The lowest BCUT2D eigenvalue weighted by Gasteiger charge is -2.17. The van der Waals surface area contributed by atoms with Crippen LogP contribution in [0.15, 0.2) is 23.4 Å². The first kappa shape index (κ1) is 10.9. The summed E-state index contributed by atoms with van der Waals surface area (Å²) in [5.41, 5.74) is 2.77. The number of ether oxygens (including phenoxy) is 1. The summed E-state index contributed by atoms with van der Waals surface area (Å²) in [6, 6.07) is 5.60. The van der Waals surface area contributed by atoms with Gasteiger partial charge in [-0.05, 0) is 37.0 Å². The first-order valence-electron chi connectivity index (χ1n) is 5.38. The lowest BCUT2D eigenvalue weighted by atomic mass is 9.90. The second-order valence-corrected chi connectivity index (χ2v) is 3.76. The van der Waals surface area contributed by atoms with Gasteiger partial charge in [0.05, 0.1) is 5.71 Å². The first-order chi connectivity index (χ1) is 7.85. The van der Waals surface area contributed by atoms with Crippen molar-refractivity contribution in [2.24, 2.45) is 5.16 Å². The van der Waals surface area contributed by atoms with Crippen molar-refractivity contribution in [3.63, 3.8) is 0 Å². The quantitative estimate of drug-likeness (QED) is 0.632. The summed E-state index contributed by atoms with van der Waals surface area (Å²) in [5.74, 6) is 0.624. The van der Waals surface area contributed by atoms with Gasteiger partial charge in [-0.2, -0.15) is 0 Å². The van der Waals surface area contributed by atoms with E-state index < -0.39 is 6.67 Å². The van der Waals surface area contributed by atoms with Crippen LogP contribution in [0.3, 0.4) is 0 Å². The van der Waals surface area contributed by atoms with Crippen LogP contribution in [0.5, 0.6) is 5.75 Å². The molecule has 1 aromatic carbocycles. The van der Waals surface area contributed by atoms with E-state index in [1.807, 2.05) is 18.2 Å². The minimum Gasteiger partial charge on any atom is -0.491 e. The summed E-state index contributed by atoms with van der Waals surface area (Å²) in [5, 5.41) is 12.2. The average molecular weight is 223 g/mol. The molecule has 0 radical (unpaired) electrons. The topological polar surface area (TPSA) is 41.8 Å². The van der Waals surface area contributed by atoms with Crippen LogP contribution >= 0.6 is 0 Å². The maximum atomic E-state index is 12.0. The van der Waals surface area contributed by atoms with Crippen molar-refractivity contribution >= 4 is 5.71 Å².